The van der Waals surface area contributed by atoms with Gasteiger partial charge in [0.25, 0.3) is 0 Å². The first-order valence-corrected chi connectivity index (χ1v) is 6.43. The van der Waals surface area contributed by atoms with E-state index in [0.29, 0.717) is 6.54 Å². The molecule has 0 fully saturated rings. The maximum absolute atomic E-state index is 11.0. The number of carbonyl (C=O) groups is 1. The summed E-state index contributed by atoms with van der Waals surface area (Å²) in [5, 5.41) is 12.2. The number of amides is 1. The van der Waals surface area contributed by atoms with Crippen LogP contribution in [-0.2, 0) is 4.74 Å². The first kappa shape index (κ1) is 15.3. The number of phenolic OH excluding ortho intramolecular Hbond substituents is 1. The molecule has 5 nitrogen and oxygen atoms in total. The largest absolute Gasteiger partial charge is 0.508 e. The van der Waals surface area contributed by atoms with E-state index in [1.54, 1.807) is 12.1 Å². The van der Waals surface area contributed by atoms with E-state index in [9.17, 15) is 9.90 Å². The number of hydrogen-bond acceptors (Lipinski definition) is 4. The summed E-state index contributed by atoms with van der Waals surface area (Å²) in [5.41, 5.74) is 1.06. The molecule has 0 saturated carbocycles. The summed E-state index contributed by atoms with van der Waals surface area (Å²) in [6.45, 7) is 6.26. The summed E-state index contributed by atoms with van der Waals surface area (Å²) in [6.07, 6.45) is -0.416. The molecule has 2 N–H and O–H groups in total. The maximum Gasteiger partial charge on any atom is 0.406 e. The molecule has 1 atom stereocenters. The van der Waals surface area contributed by atoms with Crippen molar-refractivity contribution in [1.82, 2.24) is 10.2 Å². The predicted molar refractivity (Wildman–Crippen MR) is 74.2 cm³/mol. The third-order valence-corrected chi connectivity index (χ3v) is 3.16. The number of nitrogens with zero attached hydrogens (tertiary/aromatic N) is 1. The van der Waals surface area contributed by atoms with Crippen molar-refractivity contribution in [3.63, 3.8) is 0 Å². The Labute approximate surface area is 114 Å². The highest BCUT2D eigenvalue weighted by molar-refractivity contribution is 5.66. The Morgan fingerprint density at radius 2 is 2.26 bits per heavy atom. The summed E-state index contributed by atoms with van der Waals surface area (Å²) in [6, 6.07) is 7.42. The summed E-state index contributed by atoms with van der Waals surface area (Å²) >= 11 is 0. The second kappa shape index (κ2) is 7.63. The van der Waals surface area contributed by atoms with Crippen LogP contribution in [-0.4, -0.2) is 42.8 Å². The van der Waals surface area contributed by atoms with Crippen molar-refractivity contribution in [2.75, 3.05) is 26.7 Å². The fourth-order valence-corrected chi connectivity index (χ4v) is 1.99. The van der Waals surface area contributed by atoms with Gasteiger partial charge < -0.3 is 15.2 Å². The molecule has 0 bridgehead atoms. The summed E-state index contributed by atoms with van der Waals surface area (Å²) in [7, 11) is 1.35. The summed E-state index contributed by atoms with van der Waals surface area (Å²) in [5.74, 6) is 0.271. The SMILES string of the molecule is CCN(CCNC(=O)OC)C(C)c1cccc(O)c1. The first-order chi connectivity index (χ1) is 9.08. The smallest absolute Gasteiger partial charge is 0.406 e. The van der Waals surface area contributed by atoms with Gasteiger partial charge in [0.15, 0.2) is 0 Å². The van der Waals surface area contributed by atoms with Crippen LogP contribution in [0.1, 0.15) is 25.5 Å². The van der Waals surface area contributed by atoms with Crippen molar-refractivity contribution in [2.45, 2.75) is 19.9 Å². The van der Waals surface area contributed by atoms with Gasteiger partial charge in [0, 0.05) is 19.1 Å². The first-order valence-electron chi connectivity index (χ1n) is 6.43. The third kappa shape index (κ3) is 4.79. The van der Waals surface area contributed by atoms with Crippen LogP contribution >= 0.6 is 0 Å². The maximum atomic E-state index is 11.0. The number of phenols is 1. The fourth-order valence-electron chi connectivity index (χ4n) is 1.99. The molecule has 0 aliphatic heterocycles. The van der Waals surface area contributed by atoms with Gasteiger partial charge in [0.1, 0.15) is 5.75 Å². The van der Waals surface area contributed by atoms with Crippen LogP contribution in [0.5, 0.6) is 5.75 Å². The number of benzene rings is 1. The number of likely N-dealkylation sites (N-methyl/N-ethyl adjacent to an activating group) is 1. The molecule has 0 saturated heterocycles. The molecule has 0 aromatic heterocycles. The molecule has 1 aromatic rings. The number of ether oxygens (including phenoxy) is 1. The molecule has 0 aliphatic carbocycles. The minimum Gasteiger partial charge on any atom is -0.508 e. The van der Waals surface area contributed by atoms with E-state index in [-0.39, 0.29) is 11.8 Å². The molecule has 0 spiro atoms. The molecule has 0 radical (unpaired) electrons. The van der Waals surface area contributed by atoms with Gasteiger partial charge in [-0.15, -0.1) is 0 Å². The molecule has 0 heterocycles. The average Bonchev–Trinajstić information content (AvgIpc) is 2.42. The van der Waals surface area contributed by atoms with Gasteiger partial charge in [0.2, 0.25) is 0 Å². The van der Waals surface area contributed by atoms with E-state index in [0.717, 1.165) is 18.7 Å². The van der Waals surface area contributed by atoms with Gasteiger partial charge in [-0.25, -0.2) is 4.79 Å². The normalized spacial score (nSPS) is 12.2. The monoisotopic (exact) mass is 266 g/mol. The molecule has 106 valence electrons. The molecular formula is C14H22N2O3. The van der Waals surface area contributed by atoms with Gasteiger partial charge in [-0.2, -0.15) is 0 Å². The van der Waals surface area contributed by atoms with Gasteiger partial charge in [0.05, 0.1) is 7.11 Å². The molecule has 1 amide bonds. The van der Waals surface area contributed by atoms with E-state index >= 15 is 0 Å². The van der Waals surface area contributed by atoms with E-state index in [1.807, 2.05) is 12.1 Å². The predicted octanol–water partition coefficient (Wildman–Crippen LogP) is 2.13. The molecule has 19 heavy (non-hydrogen) atoms. The lowest BCUT2D eigenvalue weighted by Gasteiger charge is -2.28. The highest BCUT2D eigenvalue weighted by Crippen LogP contribution is 2.22. The fraction of sp³-hybridized carbons (Fsp3) is 0.500. The van der Waals surface area contributed by atoms with Crippen molar-refractivity contribution in [1.29, 1.82) is 0 Å². The quantitative estimate of drug-likeness (QED) is 0.828. The molecular weight excluding hydrogens is 244 g/mol. The van der Waals surface area contributed by atoms with E-state index in [4.69, 9.17) is 0 Å². The van der Waals surface area contributed by atoms with Crippen LogP contribution in [0.3, 0.4) is 0 Å². The van der Waals surface area contributed by atoms with Crippen LogP contribution in [0, 0.1) is 0 Å². The van der Waals surface area contributed by atoms with Crippen molar-refractivity contribution in [3.05, 3.63) is 29.8 Å². The van der Waals surface area contributed by atoms with Gasteiger partial charge in [-0.05, 0) is 31.2 Å². The van der Waals surface area contributed by atoms with Crippen LogP contribution < -0.4 is 5.32 Å². The number of nitrogens with one attached hydrogen (secondary N) is 1. The molecule has 1 unspecified atom stereocenters. The highest BCUT2D eigenvalue weighted by Gasteiger charge is 2.14. The Morgan fingerprint density at radius 3 is 2.84 bits per heavy atom. The van der Waals surface area contributed by atoms with E-state index in [1.165, 1.54) is 7.11 Å². The molecule has 5 heteroatoms. The Kier molecular flexibility index (Phi) is 6.15. The van der Waals surface area contributed by atoms with Crippen LogP contribution in [0.2, 0.25) is 0 Å². The Bertz CT molecular complexity index is 409. The third-order valence-electron chi connectivity index (χ3n) is 3.16. The second-order valence-electron chi connectivity index (χ2n) is 4.32. The van der Waals surface area contributed by atoms with Crippen molar-refractivity contribution >= 4 is 6.09 Å². The van der Waals surface area contributed by atoms with Crippen molar-refractivity contribution in [2.24, 2.45) is 0 Å². The van der Waals surface area contributed by atoms with Gasteiger partial charge in [-0.1, -0.05) is 19.1 Å². The molecule has 0 aliphatic rings. The van der Waals surface area contributed by atoms with Crippen LogP contribution in [0.25, 0.3) is 0 Å². The standard InChI is InChI=1S/C14H22N2O3/c1-4-16(9-8-15-14(18)19-3)11(2)12-6-5-7-13(17)10-12/h5-7,10-11,17H,4,8-9H2,1-3H3,(H,15,18). The zero-order valence-electron chi connectivity index (χ0n) is 11.7. The minimum absolute atomic E-state index is 0.177. The van der Waals surface area contributed by atoms with E-state index < -0.39 is 6.09 Å². The number of rotatable bonds is 6. The van der Waals surface area contributed by atoms with E-state index in [2.05, 4.69) is 28.8 Å². The van der Waals surface area contributed by atoms with Crippen molar-refractivity contribution in [3.8, 4) is 5.75 Å². The second-order valence-corrected chi connectivity index (χ2v) is 4.32. The number of alkyl carbamates (subject to hydrolysis) is 1. The number of methoxy groups -OCH3 is 1. The number of carbonyl (C=O) groups excluding carboxylic acids is 1. The lowest BCUT2D eigenvalue weighted by molar-refractivity contribution is 0.165. The topological polar surface area (TPSA) is 61.8 Å². The number of hydrogen-bond donors (Lipinski definition) is 2. The van der Waals surface area contributed by atoms with Gasteiger partial charge >= 0.3 is 6.09 Å². The van der Waals surface area contributed by atoms with Crippen molar-refractivity contribution < 1.29 is 14.6 Å². The average molecular weight is 266 g/mol. The summed E-state index contributed by atoms with van der Waals surface area (Å²) < 4.78 is 4.52. The summed E-state index contributed by atoms with van der Waals surface area (Å²) in [4.78, 5) is 13.2. The zero-order chi connectivity index (χ0) is 14.3. The lowest BCUT2D eigenvalue weighted by Crippen LogP contribution is -2.36. The minimum atomic E-state index is -0.416. The van der Waals surface area contributed by atoms with Crippen LogP contribution in [0.4, 0.5) is 4.79 Å². The van der Waals surface area contributed by atoms with Crippen LogP contribution in [0.15, 0.2) is 24.3 Å². The molecule has 1 rings (SSSR count). The Hall–Kier alpha value is -1.75. The zero-order valence-corrected chi connectivity index (χ0v) is 11.7. The lowest BCUT2D eigenvalue weighted by atomic mass is 10.1. The Morgan fingerprint density at radius 1 is 1.53 bits per heavy atom. The Balaban J connectivity index is 2.56. The highest BCUT2D eigenvalue weighted by atomic mass is 16.5. The van der Waals surface area contributed by atoms with Gasteiger partial charge in [-0.3, -0.25) is 4.90 Å². The molecule has 1 aromatic carbocycles. The number of aromatic hydroxyl groups is 1.